The van der Waals surface area contributed by atoms with E-state index in [9.17, 15) is 4.79 Å². The molecule has 0 amide bonds. The number of aromatic nitrogens is 4. The third-order valence-electron chi connectivity index (χ3n) is 2.04. The van der Waals surface area contributed by atoms with Crippen molar-refractivity contribution in [1.29, 1.82) is 0 Å². The molecule has 0 aliphatic carbocycles. The molecule has 0 aromatic carbocycles. The van der Waals surface area contributed by atoms with Crippen molar-refractivity contribution >= 4 is 17.0 Å². The lowest BCUT2D eigenvalue weighted by Gasteiger charge is -2.09. The molecule has 0 aliphatic rings. The number of nitrogens with zero attached hydrogens (tertiary/aromatic N) is 3. The number of anilines is 1. The number of hydrogen-bond donors (Lipinski definition) is 2. The lowest BCUT2D eigenvalue weighted by atomic mass is 10.3. The molecule has 0 fully saturated rings. The number of rotatable bonds is 1. The maximum absolute atomic E-state index is 11.5. The van der Waals surface area contributed by atoms with Gasteiger partial charge in [-0.3, -0.25) is 4.57 Å². The first kappa shape index (κ1) is 8.74. The first-order chi connectivity index (χ1) is 6.61. The Bertz CT molecular complexity index is 524. The Hall–Kier alpha value is -1.85. The summed E-state index contributed by atoms with van der Waals surface area (Å²) in [6.07, 6.45) is 1.50. The van der Waals surface area contributed by atoms with Gasteiger partial charge in [0.25, 0.3) is 0 Å². The Kier molecular flexibility index (Phi) is 1.77. The van der Waals surface area contributed by atoms with Gasteiger partial charge < -0.3 is 10.7 Å². The van der Waals surface area contributed by atoms with Gasteiger partial charge in [-0.05, 0) is 13.8 Å². The smallest absolute Gasteiger partial charge is 0.351 e. The molecular formula is C8H11N5O. The average Bonchev–Trinajstić information content (AvgIpc) is 2.51. The second-order valence-electron chi connectivity index (χ2n) is 3.34. The topological polar surface area (TPSA) is 89.6 Å². The van der Waals surface area contributed by atoms with Crippen LogP contribution in [0.1, 0.15) is 19.9 Å². The van der Waals surface area contributed by atoms with E-state index >= 15 is 0 Å². The molecule has 0 bridgehead atoms. The highest BCUT2D eigenvalue weighted by Crippen LogP contribution is 2.14. The monoisotopic (exact) mass is 193 g/mol. The van der Waals surface area contributed by atoms with Gasteiger partial charge in [0.2, 0.25) is 0 Å². The molecule has 74 valence electrons. The summed E-state index contributed by atoms with van der Waals surface area (Å²) in [6.45, 7) is 3.79. The summed E-state index contributed by atoms with van der Waals surface area (Å²) in [7, 11) is 0. The first-order valence-electron chi connectivity index (χ1n) is 4.32. The number of nitrogens with one attached hydrogen (secondary N) is 1. The molecule has 3 N–H and O–H groups in total. The Morgan fingerprint density at radius 1 is 1.57 bits per heavy atom. The molecule has 2 aromatic rings. The Morgan fingerprint density at radius 3 is 2.93 bits per heavy atom. The maximum atomic E-state index is 11.5. The van der Waals surface area contributed by atoms with Crippen molar-refractivity contribution < 1.29 is 0 Å². The minimum Gasteiger partial charge on any atom is -0.382 e. The normalized spacial score (nSPS) is 11.4. The molecule has 6 nitrogen and oxygen atoms in total. The molecule has 0 spiro atoms. The third-order valence-corrected chi connectivity index (χ3v) is 2.04. The third kappa shape index (κ3) is 1.07. The standard InChI is InChI=1S/C8H11N5O/c1-4(2)13-7-5(10-3-11-7)6(9)12-8(13)14/h3-4H,1-2H3,(H,10,11)(H2,9,12,14). The fourth-order valence-corrected chi connectivity index (χ4v) is 1.43. The second kappa shape index (κ2) is 2.83. The number of H-pyrrole nitrogens is 1. The van der Waals surface area contributed by atoms with Crippen LogP contribution in [0, 0.1) is 0 Å². The molecule has 14 heavy (non-hydrogen) atoms. The highest BCUT2D eigenvalue weighted by Gasteiger charge is 2.12. The fraction of sp³-hybridized carbons (Fsp3) is 0.375. The van der Waals surface area contributed by atoms with Crippen LogP contribution in [-0.2, 0) is 0 Å². The number of aromatic amines is 1. The Morgan fingerprint density at radius 2 is 2.29 bits per heavy atom. The van der Waals surface area contributed by atoms with E-state index in [1.165, 1.54) is 10.9 Å². The van der Waals surface area contributed by atoms with Crippen molar-refractivity contribution in [2.45, 2.75) is 19.9 Å². The van der Waals surface area contributed by atoms with Crippen molar-refractivity contribution in [2.75, 3.05) is 5.73 Å². The minimum absolute atomic E-state index is 0.0152. The van der Waals surface area contributed by atoms with Gasteiger partial charge in [-0.1, -0.05) is 0 Å². The van der Waals surface area contributed by atoms with Gasteiger partial charge in [-0.2, -0.15) is 4.98 Å². The van der Waals surface area contributed by atoms with Gasteiger partial charge >= 0.3 is 5.69 Å². The molecule has 2 heterocycles. The summed E-state index contributed by atoms with van der Waals surface area (Å²) >= 11 is 0. The van der Waals surface area contributed by atoms with Crippen LogP contribution < -0.4 is 11.4 Å². The van der Waals surface area contributed by atoms with Gasteiger partial charge in [0, 0.05) is 6.04 Å². The maximum Gasteiger partial charge on any atom is 0.351 e. The molecule has 0 unspecified atom stereocenters. The summed E-state index contributed by atoms with van der Waals surface area (Å²) in [6, 6.07) is 0.0152. The van der Waals surface area contributed by atoms with Crippen molar-refractivity contribution in [3.8, 4) is 0 Å². The van der Waals surface area contributed by atoms with Crippen molar-refractivity contribution in [3.05, 3.63) is 16.8 Å². The predicted molar refractivity (Wildman–Crippen MR) is 52.9 cm³/mol. The highest BCUT2D eigenvalue weighted by atomic mass is 16.1. The quantitative estimate of drug-likeness (QED) is 0.680. The predicted octanol–water partition coefficient (Wildman–Crippen LogP) is 0.283. The Labute approximate surface area is 79.8 Å². The number of nitrogen functional groups attached to an aromatic ring is 1. The number of hydrogen-bond acceptors (Lipinski definition) is 4. The summed E-state index contributed by atoms with van der Waals surface area (Å²) < 4.78 is 1.50. The van der Waals surface area contributed by atoms with Gasteiger partial charge in [-0.15, -0.1) is 0 Å². The summed E-state index contributed by atoms with van der Waals surface area (Å²) in [5.74, 6) is 0.194. The first-order valence-corrected chi connectivity index (χ1v) is 4.32. The molecule has 0 atom stereocenters. The van der Waals surface area contributed by atoms with Crippen molar-refractivity contribution in [1.82, 2.24) is 19.5 Å². The van der Waals surface area contributed by atoms with Gasteiger partial charge in [0.15, 0.2) is 11.5 Å². The molecular weight excluding hydrogens is 182 g/mol. The molecule has 0 saturated heterocycles. The number of fused-ring (bicyclic) bond motifs is 1. The summed E-state index contributed by atoms with van der Waals surface area (Å²) in [4.78, 5) is 22.1. The zero-order valence-corrected chi connectivity index (χ0v) is 7.98. The molecule has 6 heteroatoms. The Balaban J connectivity index is 2.94. The lowest BCUT2D eigenvalue weighted by molar-refractivity contribution is 0.583. The average molecular weight is 193 g/mol. The second-order valence-corrected chi connectivity index (χ2v) is 3.34. The van der Waals surface area contributed by atoms with Crippen LogP contribution in [0.15, 0.2) is 11.1 Å². The van der Waals surface area contributed by atoms with Crippen LogP contribution in [0.25, 0.3) is 11.2 Å². The molecule has 2 aromatic heterocycles. The molecule has 0 aliphatic heterocycles. The van der Waals surface area contributed by atoms with Crippen molar-refractivity contribution in [2.24, 2.45) is 0 Å². The van der Waals surface area contributed by atoms with E-state index in [4.69, 9.17) is 5.73 Å². The van der Waals surface area contributed by atoms with E-state index in [-0.39, 0.29) is 17.5 Å². The molecule has 0 radical (unpaired) electrons. The van der Waals surface area contributed by atoms with Crippen LogP contribution >= 0.6 is 0 Å². The highest BCUT2D eigenvalue weighted by molar-refractivity contribution is 5.81. The number of nitrogens with two attached hydrogens (primary N) is 1. The fourth-order valence-electron chi connectivity index (χ4n) is 1.43. The zero-order valence-electron chi connectivity index (χ0n) is 7.98. The largest absolute Gasteiger partial charge is 0.382 e. The van der Waals surface area contributed by atoms with Crippen LogP contribution in [0.4, 0.5) is 5.82 Å². The zero-order chi connectivity index (χ0) is 10.3. The van der Waals surface area contributed by atoms with Gasteiger partial charge in [0.1, 0.15) is 5.52 Å². The molecule has 2 rings (SSSR count). The van der Waals surface area contributed by atoms with Gasteiger partial charge in [0.05, 0.1) is 6.33 Å². The van der Waals surface area contributed by atoms with Crippen LogP contribution in [0.3, 0.4) is 0 Å². The minimum atomic E-state index is -0.364. The van der Waals surface area contributed by atoms with E-state index in [0.717, 1.165) is 0 Å². The van der Waals surface area contributed by atoms with Crippen LogP contribution in [0.2, 0.25) is 0 Å². The summed E-state index contributed by atoms with van der Waals surface area (Å²) in [5, 5.41) is 0. The van der Waals surface area contributed by atoms with Crippen molar-refractivity contribution in [3.63, 3.8) is 0 Å². The van der Waals surface area contributed by atoms with Crippen LogP contribution in [0.5, 0.6) is 0 Å². The van der Waals surface area contributed by atoms with E-state index in [2.05, 4.69) is 15.0 Å². The van der Waals surface area contributed by atoms with Gasteiger partial charge in [-0.25, -0.2) is 9.78 Å². The van der Waals surface area contributed by atoms with E-state index in [1.54, 1.807) is 0 Å². The summed E-state index contributed by atoms with van der Waals surface area (Å²) in [5.41, 5.74) is 6.37. The van der Waals surface area contributed by atoms with E-state index in [0.29, 0.717) is 11.2 Å². The number of imidazole rings is 1. The van der Waals surface area contributed by atoms with E-state index < -0.39 is 0 Å². The lowest BCUT2D eigenvalue weighted by Crippen LogP contribution is -2.26. The molecule has 0 saturated carbocycles. The SMILES string of the molecule is CC(C)n1c(=O)nc(N)c2[nH]cnc21. The van der Waals surface area contributed by atoms with Crippen LogP contribution in [-0.4, -0.2) is 19.5 Å². The van der Waals surface area contributed by atoms with E-state index in [1.807, 2.05) is 13.8 Å².